The number of benzene rings is 2. The summed E-state index contributed by atoms with van der Waals surface area (Å²) in [6, 6.07) is 9.56. The van der Waals surface area contributed by atoms with Crippen LogP contribution in [-0.4, -0.2) is 20.4 Å². The smallest absolute Gasteiger partial charge is 0.336 e. The maximum Gasteiger partial charge on any atom is 0.336 e. The van der Waals surface area contributed by atoms with Gasteiger partial charge in [0.2, 0.25) is 10.0 Å². The van der Waals surface area contributed by atoms with Gasteiger partial charge in [0, 0.05) is 17.5 Å². The van der Waals surface area contributed by atoms with Gasteiger partial charge in [-0.05, 0) is 43.0 Å². The molecule has 0 amide bonds. The third-order valence-corrected chi connectivity index (χ3v) is 7.45. The van der Waals surface area contributed by atoms with Crippen LogP contribution in [0.15, 0.2) is 56.6 Å². The summed E-state index contributed by atoms with van der Waals surface area (Å²) in [6.45, 7) is 7.44. The number of halogens is 1. The Kier molecular flexibility index (Phi) is 8.17. The lowest BCUT2D eigenvalue weighted by molar-refractivity contribution is -0.137. The first-order valence-electron chi connectivity index (χ1n) is 11.1. The van der Waals surface area contributed by atoms with E-state index in [1.165, 1.54) is 24.3 Å². The van der Waals surface area contributed by atoms with Gasteiger partial charge < -0.3 is 9.15 Å². The number of fused-ring (bicyclic) bond motifs is 1. The van der Waals surface area contributed by atoms with Gasteiger partial charge in [-0.2, -0.15) is 4.72 Å². The fourth-order valence-corrected chi connectivity index (χ4v) is 5.03. The van der Waals surface area contributed by atoms with Crippen LogP contribution < -0.4 is 15.1 Å². The molecule has 0 aliphatic rings. The largest absolute Gasteiger partial charge is 0.424 e. The van der Waals surface area contributed by atoms with Crippen molar-refractivity contribution in [2.75, 3.05) is 0 Å². The fraction of sp³-hybridized carbons (Fsp3) is 0.360. The van der Waals surface area contributed by atoms with Gasteiger partial charge in [-0.25, -0.2) is 18.0 Å². The number of esters is 1. The summed E-state index contributed by atoms with van der Waals surface area (Å²) < 4.78 is 39.1. The average Bonchev–Trinajstić information content (AvgIpc) is 2.78. The molecule has 3 rings (SSSR count). The van der Waals surface area contributed by atoms with Crippen LogP contribution in [0, 0.1) is 12.8 Å². The van der Waals surface area contributed by atoms with Crippen molar-refractivity contribution in [1.82, 2.24) is 4.72 Å². The fourth-order valence-electron chi connectivity index (χ4n) is 3.54. The summed E-state index contributed by atoms with van der Waals surface area (Å²) >= 11 is 6.39. The highest BCUT2D eigenvalue weighted by molar-refractivity contribution is 7.89. The van der Waals surface area contributed by atoms with Crippen LogP contribution in [0.3, 0.4) is 0 Å². The molecule has 0 saturated carbocycles. The van der Waals surface area contributed by atoms with Crippen molar-refractivity contribution in [3.8, 4) is 5.75 Å². The molecule has 2 aromatic carbocycles. The minimum Gasteiger partial charge on any atom is -0.424 e. The van der Waals surface area contributed by atoms with Crippen LogP contribution in [-0.2, 0) is 21.2 Å². The highest BCUT2D eigenvalue weighted by Gasteiger charge is 2.32. The van der Waals surface area contributed by atoms with Crippen molar-refractivity contribution in [1.29, 1.82) is 0 Å². The molecule has 1 aromatic heterocycles. The first-order chi connectivity index (χ1) is 16.1. The Hall–Kier alpha value is -2.68. The van der Waals surface area contributed by atoms with Gasteiger partial charge in [-0.1, -0.05) is 62.9 Å². The third kappa shape index (κ3) is 5.87. The molecule has 0 radical (unpaired) electrons. The molecule has 0 fully saturated rings. The Morgan fingerprint density at radius 2 is 1.82 bits per heavy atom. The second-order valence-electron chi connectivity index (χ2n) is 8.34. The number of rotatable bonds is 9. The average molecular weight is 506 g/mol. The van der Waals surface area contributed by atoms with Crippen LogP contribution >= 0.6 is 11.6 Å². The van der Waals surface area contributed by atoms with E-state index < -0.39 is 27.7 Å². The molecule has 34 heavy (non-hydrogen) atoms. The number of ether oxygens (including phenoxy) is 1. The normalized spacial score (nSPS) is 13.6. The Labute approximate surface area is 204 Å². The molecule has 1 heterocycles. The van der Waals surface area contributed by atoms with Gasteiger partial charge in [0.15, 0.2) is 5.75 Å². The lowest BCUT2D eigenvalue weighted by Gasteiger charge is -2.23. The number of nitrogens with one attached hydrogen (secondary N) is 1. The van der Waals surface area contributed by atoms with E-state index in [4.69, 9.17) is 20.8 Å². The molecule has 9 heteroatoms. The molecular weight excluding hydrogens is 478 g/mol. The number of hydrogen-bond donors (Lipinski definition) is 1. The van der Waals surface area contributed by atoms with Crippen LogP contribution in [0.2, 0.25) is 5.02 Å². The third-order valence-electron chi connectivity index (χ3n) is 5.69. The van der Waals surface area contributed by atoms with Crippen molar-refractivity contribution in [3.63, 3.8) is 0 Å². The van der Waals surface area contributed by atoms with E-state index in [0.717, 1.165) is 17.5 Å². The van der Waals surface area contributed by atoms with Crippen LogP contribution in [0.5, 0.6) is 5.75 Å². The Bertz CT molecular complexity index is 1350. The van der Waals surface area contributed by atoms with Gasteiger partial charge in [0.1, 0.15) is 11.6 Å². The number of carbonyl (C=O) groups excluding carboxylic acids is 1. The standard InChI is InChI=1S/C25H28ClNO6S/c1-5-7-17-12-23(28)32-21-14-22(20(26)13-19(17)21)33-25(29)24(16(4)6-2)27-34(30,31)18-10-8-15(3)9-11-18/h8-14,16,24,27H,5-7H2,1-4H3/t16-,24-/m1/s1. The van der Waals surface area contributed by atoms with Crippen LogP contribution in [0.1, 0.15) is 44.7 Å². The topological polar surface area (TPSA) is 103 Å². The summed E-state index contributed by atoms with van der Waals surface area (Å²) in [7, 11) is -3.97. The lowest BCUT2D eigenvalue weighted by atomic mass is 10.0. The van der Waals surface area contributed by atoms with Crippen LogP contribution in [0.4, 0.5) is 0 Å². The van der Waals surface area contributed by atoms with Gasteiger partial charge in [0.05, 0.1) is 9.92 Å². The number of aryl methyl sites for hydroxylation is 2. The first kappa shape index (κ1) is 25.9. The van der Waals surface area contributed by atoms with Gasteiger partial charge in [-0.3, -0.25) is 0 Å². The van der Waals surface area contributed by atoms with Crippen molar-refractivity contribution in [2.24, 2.45) is 5.92 Å². The van der Waals surface area contributed by atoms with Crippen molar-refractivity contribution < 1.29 is 22.4 Å². The highest BCUT2D eigenvalue weighted by atomic mass is 35.5. The summed E-state index contributed by atoms with van der Waals surface area (Å²) in [5, 5.41) is 0.807. The predicted octanol–water partition coefficient (Wildman–Crippen LogP) is 5.01. The monoisotopic (exact) mass is 505 g/mol. The Morgan fingerprint density at radius 3 is 2.44 bits per heavy atom. The minimum atomic E-state index is -3.97. The molecule has 7 nitrogen and oxygen atoms in total. The van der Waals surface area contributed by atoms with Crippen molar-refractivity contribution in [3.05, 3.63) is 69.0 Å². The van der Waals surface area contributed by atoms with E-state index in [0.29, 0.717) is 18.2 Å². The number of carbonyl (C=O) groups is 1. The second-order valence-corrected chi connectivity index (χ2v) is 10.5. The summed E-state index contributed by atoms with van der Waals surface area (Å²) in [5.74, 6) is -1.18. The van der Waals surface area contributed by atoms with Gasteiger partial charge in [0.25, 0.3) is 0 Å². The van der Waals surface area contributed by atoms with Crippen molar-refractivity contribution in [2.45, 2.75) is 57.9 Å². The highest BCUT2D eigenvalue weighted by Crippen LogP contribution is 2.32. The number of sulfonamides is 1. The number of hydrogen-bond acceptors (Lipinski definition) is 6. The van der Waals surface area contributed by atoms with Crippen molar-refractivity contribution >= 4 is 38.6 Å². The van der Waals surface area contributed by atoms with E-state index in [2.05, 4.69) is 4.72 Å². The molecule has 182 valence electrons. The van der Waals surface area contributed by atoms with Gasteiger partial charge in [-0.15, -0.1) is 0 Å². The van der Waals surface area contributed by atoms with E-state index in [9.17, 15) is 18.0 Å². The Balaban J connectivity index is 1.93. The molecule has 0 unspecified atom stereocenters. The zero-order chi connectivity index (χ0) is 25.0. The summed E-state index contributed by atoms with van der Waals surface area (Å²) in [5.41, 5.74) is 1.43. The lowest BCUT2D eigenvalue weighted by Crippen LogP contribution is -2.46. The quantitative estimate of drug-likeness (QED) is 0.249. The predicted molar refractivity (Wildman–Crippen MR) is 132 cm³/mol. The molecule has 2 atom stereocenters. The molecule has 0 aliphatic heterocycles. The van der Waals surface area contributed by atoms with E-state index in [-0.39, 0.29) is 27.2 Å². The second kappa shape index (κ2) is 10.7. The molecule has 0 saturated heterocycles. The van der Waals surface area contributed by atoms with E-state index in [1.807, 2.05) is 20.8 Å². The molecule has 1 N–H and O–H groups in total. The molecule has 0 spiro atoms. The van der Waals surface area contributed by atoms with Crippen LogP contribution in [0.25, 0.3) is 11.0 Å². The molecule has 0 aliphatic carbocycles. The van der Waals surface area contributed by atoms with E-state index in [1.54, 1.807) is 25.1 Å². The maximum absolute atomic E-state index is 13.1. The SMILES string of the molecule is CCCc1cc(=O)oc2cc(OC(=O)[C@H](NS(=O)(=O)c3ccc(C)cc3)[C@H](C)CC)c(Cl)cc12. The zero-order valence-corrected chi connectivity index (χ0v) is 21.1. The zero-order valence-electron chi connectivity index (χ0n) is 19.6. The summed E-state index contributed by atoms with van der Waals surface area (Å²) in [6.07, 6.45) is 2.01. The molecule has 3 aromatic rings. The Morgan fingerprint density at radius 1 is 1.15 bits per heavy atom. The molecular formula is C25H28ClNO6S. The minimum absolute atomic E-state index is 0.0150. The first-order valence-corrected chi connectivity index (χ1v) is 13.0. The summed E-state index contributed by atoms with van der Waals surface area (Å²) in [4.78, 5) is 25.1. The van der Waals surface area contributed by atoms with E-state index >= 15 is 0 Å². The van der Waals surface area contributed by atoms with Gasteiger partial charge >= 0.3 is 11.6 Å². The molecule has 0 bridgehead atoms. The maximum atomic E-state index is 13.1.